The first-order valence-electron chi connectivity index (χ1n) is 20.7. The van der Waals surface area contributed by atoms with Crippen LogP contribution in [-0.2, 0) is 9.84 Å². The van der Waals surface area contributed by atoms with Crippen LogP contribution in [0.5, 0.6) is 0 Å². The highest BCUT2D eigenvalue weighted by Crippen LogP contribution is 2.77. The summed E-state index contributed by atoms with van der Waals surface area (Å²) in [7, 11) is -2.82. The van der Waals surface area contributed by atoms with Crippen LogP contribution in [0.2, 0.25) is 0 Å². The van der Waals surface area contributed by atoms with Crippen LogP contribution in [0.25, 0.3) is 5.57 Å². The molecule has 284 valence electrons. The highest BCUT2D eigenvalue weighted by Gasteiger charge is 2.70. The molecule has 1 aliphatic heterocycles. The van der Waals surface area contributed by atoms with Crippen LogP contribution >= 0.6 is 0 Å². The largest absolute Gasteiger partial charge is 0.478 e. The fourth-order valence-electron chi connectivity index (χ4n) is 14.5. The quantitative estimate of drug-likeness (QED) is 0.248. The number of nitrogens with one attached hydrogen (secondary N) is 1. The minimum Gasteiger partial charge on any atom is -0.478 e. The molecule has 1 aromatic rings. The number of carboxylic acid groups (broad SMARTS) is 1. The van der Waals surface area contributed by atoms with Crippen molar-refractivity contribution in [2.24, 2.45) is 62.6 Å². The van der Waals surface area contributed by atoms with E-state index in [1.807, 2.05) is 12.1 Å². The Kier molecular flexibility index (Phi) is 9.77. The van der Waals surface area contributed by atoms with E-state index >= 15 is 0 Å². The van der Waals surface area contributed by atoms with Crippen molar-refractivity contribution in [3.05, 3.63) is 41.5 Å². The summed E-state index contributed by atoms with van der Waals surface area (Å²) >= 11 is 0. The van der Waals surface area contributed by atoms with Gasteiger partial charge in [0.1, 0.15) is 0 Å². The first-order valence-corrected chi connectivity index (χ1v) is 22.5. The van der Waals surface area contributed by atoms with Gasteiger partial charge in [-0.1, -0.05) is 66.7 Å². The highest BCUT2D eigenvalue weighted by molar-refractivity contribution is 7.91. The van der Waals surface area contributed by atoms with Crippen LogP contribution in [-0.4, -0.2) is 68.6 Å². The van der Waals surface area contributed by atoms with Crippen LogP contribution in [0.1, 0.15) is 129 Å². The number of rotatable bonds is 9. The molecule has 0 amide bonds. The normalized spacial score (nSPS) is 41.6. The van der Waals surface area contributed by atoms with Gasteiger partial charge in [0.15, 0.2) is 9.84 Å². The minimum atomic E-state index is -2.82. The zero-order chi connectivity index (χ0) is 36.6. The van der Waals surface area contributed by atoms with Crippen LogP contribution in [0.15, 0.2) is 30.3 Å². The topological polar surface area (TPSA) is 86.7 Å². The molecule has 5 aliphatic carbocycles. The second-order valence-corrected chi connectivity index (χ2v) is 22.3. The maximum absolute atomic E-state index is 11.9. The zero-order valence-corrected chi connectivity index (χ0v) is 33.7. The molecule has 9 atom stereocenters. The molecule has 1 heterocycles. The summed E-state index contributed by atoms with van der Waals surface area (Å²) in [6.45, 7) is 22.7. The summed E-state index contributed by atoms with van der Waals surface area (Å²) in [4.78, 5) is 13.9. The van der Waals surface area contributed by atoms with Gasteiger partial charge in [0.05, 0.1) is 17.1 Å². The van der Waals surface area contributed by atoms with E-state index in [2.05, 4.69) is 64.8 Å². The van der Waals surface area contributed by atoms with E-state index in [1.54, 1.807) is 12.1 Å². The molecule has 1 saturated heterocycles. The molecule has 0 unspecified atom stereocenters. The van der Waals surface area contributed by atoms with Gasteiger partial charge in [-0.3, -0.25) is 0 Å². The Morgan fingerprint density at radius 3 is 2.27 bits per heavy atom. The fraction of sp³-hybridized carbons (Fsp3) is 0.795. The predicted molar refractivity (Wildman–Crippen MR) is 208 cm³/mol. The molecule has 7 heteroatoms. The predicted octanol–water partition coefficient (Wildman–Crippen LogP) is 8.83. The van der Waals surface area contributed by atoms with Gasteiger partial charge in [-0.2, -0.15) is 0 Å². The molecule has 0 spiro atoms. The molecule has 6 nitrogen and oxygen atoms in total. The van der Waals surface area contributed by atoms with Crippen molar-refractivity contribution in [3.8, 4) is 0 Å². The van der Waals surface area contributed by atoms with Gasteiger partial charge < -0.3 is 15.3 Å². The lowest BCUT2D eigenvalue weighted by Gasteiger charge is -2.72. The number of allylic oxidation sites excluding steroid dienone is 2. The van der Waals surface area contributed by atoms with E-state index in [0.717, 1.165) is 56.1 Å². The van der Waals surface area contributed by atoms with Crippen molar-refractivity contribution in [1.82, 2.24) is 10.2 Å². The van der Waals surface area contributed by atoms with E-state index < -0.39 is 15.8 Å². The molecule has 51 heavy (non-hydrogen) atoms. The zero-order valence-electron chi connectivity index (χ0n) is 32.9. The summed E-state index contributed by atoms with van der Waals surface area (Å²) in [6.07, 6.45) is 15.6. The third kappa shape index (κ3) is 6.10. The van der Waals surface area contributed by atoms with Crippen molar-refractivity contribution in [3.63, 3.8) is 0 Å². The van der Waals surface area contributed by atoms with E-state index in [4.69, 9.17) is 0 Å². The molecule has 4 saturated carbocycles. The number of fused-ring (bicyclic) bond motifs is 7. The average Bonchev–Trinajstić information content (AvgIpc) is 3.45. The van der Waals surface area contributed by atoms with Crippen molar-refractivity contribution in [2.45, 2.75) is 113 Å². The third-order valence-corrected chi connectivity index (χ3v) is 18.9. The summed E-state index contributed by atoms with van der Waals surface area (Å²) < 4.78 is 23.8. The maximum Gasteiger partial charge on any atom is 0.335 e. The van der Waals surface area contributed by atoms with Gasteiger partial charge in [-0.05, 0) is 163 Å². The first-order chi connectivity index (χ1) is 24.0. The van der Waals surface area contributed by atoms with E-state index in [0.29, 0.717) is 58.2 Å². The second-order valence-electron chi connectivity index (χ2n) is 20.0. The van der Waals surface area contributed by atoms with Gasteiger partial charge in [0.25, 0.3) is 0 Å². The third-order valence-electron chi connectivity index (χ3n) is 17.3. The molecule has 7 rings (SSSR count). The van der Waals surface area contributed by atoms with E-state index in [1.165, 1.54) is 62.5 Å². The lowest BCUT2D eigenvalue weighted by Crippen LogP contribution is -2.66. The maximum atomic E-state index is 11.9. The van der Waals surface area contributed by atoms with Gasteiger partial charge in [-0.15, -0.1) is 0 Å². The standard InChI is InChI=1S/C44H68N2O4S/c1-30(2)33-15-20-44(29-45-23-8-24-46-25-27-51(49,50)28-26-46)22-21-42(6)35(38(33)44)13-14-37-41(5)18-16-34(31-9-11-32(12-10-31)39(47)48)40(3,4)36(41)17-19-43(37,42)7/h9-12,16,30,33,35-38,45H,8,13-15,17-29H2,1-7H3,(H,47,48)/t33-,35+,36-,37+,38+,41-,42+,43+,44+/m0/s1. The number of carboxylic acids is 1. The Labute approximate surface area is 309 Å². The van der Waals surface area contributed by atoms with Gasteiger partial charge >= 0.3 is 5.97 Å². The second kappa shape index (κ2) is 13.3. The first kappa shape index (κ1) is 37.6. The summed E-state index contributed by atoms with van der Waals surface area (Å²) in [6, 6.07) is 7.64. The number of hydrogen-bond donors (Lipinski definition) is 2. The van der Waals surface area contributed by atoms with Gasteiger partial charge in [-0.25, -0.2) is 13.2 Å². The molecule has 0 radical (unpaired) electrons. The highest BCUT2D eigenvalue weighted by atomic mass is 32.2. The van der Waals surface area contributed by atoms with Crippen LogP contribution in [0, 0.1) is 62.6 Å². The fourth-order valence-corrected chi connectivity index (χ4v) is 15.7. The van der Waals surface area contributed by atoms with E-state index in [9.17, 15) is 18.3 Å². The molecule has 0 bridgehead atoms. The Bertz CT molecular complexity index is 1600. The Morgan fingerprint density at radius 1 is 0.902 bits per heavy atom. The molecular weight excluding hydrogens is 653 g/mol. The van der Waals surface area contributed by atoms with Crippen molar-refractivity contribution in [1.29, 1.82) is 0 Å². The number of sulfone groups is 1. The van der Waals surface area contributed by atoms with Crippen molar-refractivity contribution >= 4 is 21.4 Å². The van der Waals surface area contributed by atoms with Crippen LogP contribution in [0.3, 0.4) is 0 Å². The van der Waals surface area contributed by atoms with Crippen LogP contribution < -0.4 is 5.32 Å². The van der Waals surface area contributed by atoms with Gasteiger partial charge in [0, 0.05) is 19.6 Å². The lowest BCUT2D eigenvalue weighted by atomic mass is 9.32. The molecule has 1 aromatic carbocycles. The molecule has 5 fully saturated rings. The smallest absolute Gasteiger partial charge is 0.335 e. The van der Waals surface area contributed by atoms with Crippen molar-refractivity contribution < 1.29 is 18.3 Å². The summed E-state index contributed by atoms with van der Waals surface area (Å²) in [5, 5.41) is 13.5. The van der Waals surface area contributed by atoms with E-state index in [-0.39, 0.29) is 10.8 Å². The lowest BCUT2D eigenvalue weighted by molar-refractivity contribution is -0.227. The molecule has 6 aliphatic rings. The minimum absolute atomic E-state index is 0.0319. The number of aromatic carboxylic acids is 1. The number of benzene rings is 1. The molecule has 0 aromatic heterocycles. The SMILES string of the molecule is CC(C)[C@@H]1CC[C@]2(CNCCCN3CCS(=O)(=O)CC3)CC[C@]3(C)[C@H](CC[C@@H]4[C@@]5(C)CC=C(c6ccc(C(=O)O)cc6)C(C)(C)[C@@H]5CC[C@]43C)[C@@H]12. The monoisotopic (exact) mass is 720 g/mol. The van der Waals surface area contributed by atoms with Crippen LogP contribution in [0.4, 0.5) is 0 Å². The van der Waals surface area contributed by atoms with Gasteiger partial charge in [0.2, 0.25) is 0 Å². The average molecular weight is 721 g/mol. The molecule has 2 N–H and O–H groups in total. The Morgan fingerprint density at radius 2 is 1.61 bits per heavy atom. The summed E-state index contributed by atoms with van der Waals surface area (Å²) in [5.41, 5.74) is 4.34. The number of nitrogens with zero attached hydrogens (tertiary/aromatic N) is 1. The van der Waals surface area contributed by atoms with Crippen molar-refractivity contribution in [2.75, 3.05) is 44.2 Å². The number of carbonyl (C=O) groups is 1. The number of hydrogen-bond acceptors (Lipinski definition) is 5. The summed E-state index contributed by atoms with van der Waals surface area (Å²) in [5.74, 6) is 4.22. The Hall–Kier alpha value is -1.70. The Balaban J connectivity index is 1.09. The molecular formula is C44H68N2O4S.